The molecule has 0 bridgehead atoms. The molecule has 3 atom stereocenters. The molecule has 0 spiro atoms. The van der Waals surface area contributed by atoms with E-state index in [0.717, 1.165) is 32.4 Å². The van der Waals surface area contributed by atoms with E-state index in [4.69, 9.17) is 0 Å². The lowest BCUT2D eigenvalue weighted by Crippen LogP contribution is -2.46. The normalized spacial score (nSPS) is 27.4. The Morgan fingerprint density at radius 3 is 2.64 bits per heavy atom. The monoisotopic (exact) mass is 341 g/mol. The molecule has 1 N–H and O–H groups in total. The number of benzene rings is 1. The van der Waals surface area contributed by atoms with Crippen LogP contribution in [0.2, 0.25) is 0 Å². The van der Waals surface area contributed by atoms with E-state index in [2.05, 4.69) is 29.6 Å². The van der Waals surface area contributed by atoms with Crippen molar-refractivity contribution in [1.29, 1.82) is 0 Å². The molecular formula is C20H27N3O2. The van der Waals surface area contributed by atoms with Crippen molar-refractivity contribution >= 4 is 11.9 Å². The zero-order chi connectivity index (χ0) is 17.6. The van der Waals surface area contributed by atoms with Gasteiger partial charge in [0.15, 0.2) is 0 Å². The molecular weight excluding hydrogens is 314 g/mol. The van der Waals surface area contributed by atoms with Crippen LogP contribution in [0.5, 0.6) is 0 Å². The molecule has 2 fully saturated rings. The summed E-state index contributed by atoms with van der Waals surface area (Å²) in [6.45, 7) is 1.52. The van der Waals surface area contributed by atoms with Gasteiger partial charge < -0.3 is 15.1 Å². The van der Waals surface area contributed by atoms with Gasteiger partial charge in [-0.1, -0.05) is 24.3 Å². The van der Waals surface area contributed by atoms with E-state index in [1.807, 2.05) is 4.90 Å². The van der Waals surface area contributed by atoms with Crippen molar-refractivity contribution in [3.63, 3.8) is 0 Å². The molecule has 5 nitrogen and oxygen atoms in total. The van der Waals surface area contributed by atoms with Crippen LogP contribution >= 0.6 is 0 Å². The van der Waals surface area contributed by atoms with Crippen LogP contribution in [0.4, 0.5) is 4.79 Å². The molecule has 1 heterocycles. The minimum atomic E-state index is 0.0780. The van der Waals surface area contributed by atoms with E-state index in [1.54, 1.807) is 19.0 Å². The fourth-order valence-corrected chi connectivity index (χ4v) is 4.55. The largest absolute Gasteiger partial charge is 0.349 e. The fraction of sp³-hybridized carbons (Fsp3) is 0.600. The molecule has 1 aromatic carbocycles. The van der Waals surface area contributed by atoms with Gasteiger partial charge in [0.05, 0.1) is 0 Å². The summed E-state index contributed by atoms with van der Waals surface area (Å²) in [4.78, 5) is 28.0. The fourth-order valence-electron chi connectivity index (χ4n) is 4.55. The molecule has 3 amide bonds. The molecule has 0 radical (unpaired) electrons. The van der Waals surface area contributed by atoms with Crippen LogP contribution in [-0.2, 0) is 11.2 Å². The second kappa shape index (κ2) is 6.36. The van der Waals surface area contributed by atoms with Gasteiger partial charge in [0.25, 0.3) is 0 Å². The Hall–Kier alpha value is -2.04. The van der Waals surface area contributed by atoms with Gasteiger partial charge in [-0.15, -0.1) is 0 Å². The number of nitrogens with one attached hydrogen (secondary N) is 1. The van der Waals surface area contributed by atoms with Crippen molar-refractivity contribution in [3.05, 3.63) is 35.4 Å². The molecule has 1 aliphatic heterocycles. The van der Waals surface area contributed by atoms with Gasteiger partial charge in [0.2, 0.25) is 5.91 Å². The predicted octanol–water partition coefficient (Wildman–Crippen LogP) is 2.22. The van der Waals surface area contributed by atoms with Gasteiger partial charge in [-0.2, -0.15) is 0 Å². The first-order chi connectivity index (χ1) is 12.0. The zero-order valence-corrected chi connectivity index (χ0v) is 15.1. The van der Waals surface area contributed by atoms with Crippen LogP contribution in [0.1, 0.15) is 36.3 Å². The maximum absolute atomic E-state index is 12.6. The van der Waals surface area contributed by atoms with Gasteiger partial charge in [0, 0.05) is 45.6 Å². The number of nitrogens with zero attached hydrogens (tertiary/aromatic N) is 2. The SMILES string of the molecule is CN(C)C(=O)CC1CCN(C(=O)NC2C3Cc4ccccc4C32)CC1. The Bertz CT molecular complexity index is 679. The Labute approximate surface area is 149 Å². The molecule has 3 unspecified atom stereocenters. The average molecular weight is 341 g/mol. The lowest BCUT2D eigenvalue weighted by atomic mass is 9.93. The summed E-state index contributed by atoms with van der Waals surface area (Å²) in [5.74, 6) is 1.71. The highest BCUT2D eigenvalue weighted by atomic mass is 16.2. The average Bonchev–Trinajstić information content (AvgIpc) is 3.12. The second-order valence-corrected chi connectivity index (χ2v) is 7.99. The number of hydrogen-bond donors (Lipinski definition) is 1. The van der Waals surface area contributed by atoms with E-state index in [1.165, 1.54) is 11.1 Å². The molecule has 25 heavy (non-hydrogen) atoms. The van der Waals surface area contributed by atoms with Gasteiger partial charge >= 0.3 is 6.03 Å². The highest BCUT2D eigenvalue weighted by Gasteiger charge is 2.56. The molecule has 5 heteroatoms. The van der Waals surface area contributed by atoms with Crippen LogP contribution in [0.3, 0.4) is 0 Å². The minimum Gasteiger partial charge on any atom is -0.349 e. The maximum atomic E-state index is 12.6. The summed E-state index contributed by atoms with van der Waals surface area (Å²) in [6.07, 6.45) is 3.55. The number of carbonyl (C=O) groups excluding carboxylic acids is 2. The molecule has 3 aliphatic rings. The van der Waals surface area contributed by atoms with Gasteiger partial charge in [-0.25, -0.2) is 4.79 Å². The number of hydrogen-bond acceptors (Lipinski definition) is 2. The Kier molecular flexibility index (Phi) is 4.18. The Morgan fingerprint density at radius 2 is 1.92 bits per heavy atom. The number of likely N-dealkylation sites (tertiary alicyclic amines) is 1. The Balaban J connectivity index is 1.25. The number of rotatable bonds is 3. The Morgan fingerprint density at radius 1 is 1.20 bits per heavy atom. The lowest BCUT2D eigenvalue weighted by molar-refractivity contribution is -0.129. The van der Waals surface area contributed by atoms with Crippen molar-refractivity contribution in [2.45, 2.75) is 37.6 Å². The van der Waals surface area contributed by atoms with E-state index in [-0.39, 0.29) is 11.9 Å². The quantitative estimate of drug-likeness (QED) is 0.916. The first-order valence-electron chi connectivity index (χ1n) is 9.38. The summed E-state index contributed by atoms with van der Waals surface area (Å²) in [5, 5.41) is 3.25. The standard InChI is InChI=1S/C20H27N3O2/c1-22(2)17(24)11-13-7-9-23(10-8-13)20(25)21-19-16-12-14-5-3-4-6-15(14)18(16)19/h3-6,13,16,18-19H,7-12H2,1-2H3,(H,21,25). The van der Waals surface area contributed by atoms with Crippen LogP contribution in [0.15, 0.2) is 24.3 Å². The van der Waals surface area contributed by atoms with E-state index >= 15 is 0 Å². The molecule has 1 saturated carbocycles. The third-order valence-corrected chi connectivity index (χ3v) is 6.19. The topological polar surface area (TPSA) is 52.7 Å². The van der Waals surface area contributed by atoms with Crippen LogP contribution in [-0.4, -0.2) is 55.0 Å². The highest BCUT2D eigenvalue weighted by Crippen LogP contribution is 2.56. The van der Waals surface area contributed by atoms with Crippen LogP contribution in [0, 0.1) is 11.8 Å². The third kappa shape index (κ3) is 3.12. The van der Waals surface area contributed by atoms with Crippen molar-refractivity contribution in [1.82, 2.24) is 15.1 Å². The van der Waals surface area contributed by atoms with Crippen molar-refractivity contribution in [2.75, 3.05) is 27.2 Å². The first-order valence-corrected chi connectivity index (χ1v) is 9.38. The first kappa shape index (κ1) is 16.4. The van der Waals surface area contributed by atoms with Crippen LogP contribution < -0.4 is 5.32 Å². The van der Waals surface area contributed by atoms with E-state index in [9.17, 15) is 9.59 Å². The third-order valence-electron chi connectivity index (χ3n) is 6.19. The lowest BCUT2D eigenvalue weighted by Gasteiger charge is -2.32. The van der Waals surface area contributed by atoms with E-state index in [0.29, 0.717) is 30.2 Å². The number of fused-ring (bicyclic) bond motifs is 3. The number of amides is 3. The molecule has 0 aromatic heterocycles. The highest BCUT2D eigenvalue weighted by molar-refractivity contribution is 5.77. The van der Waals surface area contributed by atoms with Crippen molar-refractivity contribution in [3.8, 4) is 0 Å². The minimum absolute atomic E-state index is 0.0780. The number of carbonyl (C=O) groups is 2. The number of piperidine rings is 1. The smallest absolute Gasteiger partial charge is 0.317 e. The molecule has 4 rings (SSSR count). The number of urea groups is 1. The molecule has 2 aliphatic carbocycles. The molecule has 134 valence electrons. The zero-order valence-electron chi connectivity index (χ0n) is 15.1. The van der Waals surface area contributed by atoms with Gasteiger partial charge in [0.1, 0.15) is 0 Å². The van der Waals surface area contributed by atoms with Gasteiger partial charge in [-0.3, -0.25) is 4.79 Å². The van der Waals surface area contributed by atoms with Crippen molar-refractivity contribution in [2.24, 2.45) is 11.8 Å². The summed E-state index contributed by atoms with van der Waals surface area (Å²) >= 11 is 0. The summed E-state index contributed by atoms with van der Waals surface area (Å²) in [6, 6.07) is 9.00. The summed E-state index contributed by atoms with van der Waals surface area (Å²) in [7, 11) is 3.60. The maximum Gasteiger partial charge on any atom is 0.317 e. The van der Waals surface area contributed by atoms with Crippen LogP contribution in [0.25, 0.3) is 0 Å². The predicted molar refractivity (Wildman–Crippen MR) is 96.3 cm³/mol. The summed E-state index contributed by atoms with van der Waals surface area (Å²) < 4.78 is 0. The van der Waals surface area contributed by atoms with Crippen molar-refractivity contribution < 1.29 is 9.59 Å². The van der Waals surface area contributed by atoms with Gasteiger partial charge in [-0.05, 0) is 42.2 Å². The summed E-state index contributed by atoms with van der Waals surface area (Å²) in [5.41, 5.74) is 2.88. The molecule has 1 saturated heterocycles. The second-order valence-electron chi connectivity index (χ2n) is 7.99. The van der Waals surface area contributed by atoms with E-state index < -0.39 is 0 Å². The molecule has 1 aromatic rings.